The van der Waals surface area contributed by atoms with E-state index in [1.165, 1.54) is 19.3 Å². The molecule has 1 aromatic rings. The summed E-state index contributed by atoms with van der Waals surface area (Å²) in [5, 5.41) is 3.15. The average molecular weight is 372 g/mol. The molecule has 6 heteroatoms. The first-order chi connectivity index (χ1) is 13.3. The third-order valence-corrected chi connectivity index (χ3v) is 5.88. The number of amides is 1. The SMILES string of the molecule is O=C(/C=C/c1ccc2c(c1)OCO2)NCC1(N2CCOCC2)CCCCC1. The quantitative estimate of drug-likeness (QED) is 0.805. The van der Waals surface area contributed by atoms with Crippen LogP contribution in [0.15, 0.2) is 24.3 Å². The van der Waals surface area contributed by atoms with Gasteiger partial charge in [0.05, 0.1) is 13.2 Å². The summed E-state index contributed by atoms with van der Waals surface area (Å²) in [6.07, 6.45) is 9.50. The van der Waals surface area contributed by atoms with Gasteiger partial charge >= 0.3 is 0 Å². The van der Waals surface area contributed by atoms with Crippen molar-refractivity contribution in [3.05, 3.63) is 29.8 Å². The number of nitrogens with one attached hydrogen (secondary N) is 1. The van der Waals surface area contributed by atoms with Gasteiger partial charge in [0.2, 0.25) is 12.7 Å². The molecule has 0 aromatic heterocycles. The highest BCUT2D eigenvalue weighted by atomic mass is 16.7. The standard InChI is InChI=1S/C21H28N2O4/c24-20(7-5-17-4-6-18-19(14-17)27-16-26-18)22-15-21(8-2-1-3-9-21)23-10-12-25-13-11-23/h4-7,14H,1-3,8-13,15-16H2,(H,22,24)/b7-5+. The van der Waals surface area contributed by atoms with Gasteiger partial charge in [-0.3, -0.25) is 9.69 Å². The molecule has 3 aliphatic rings. The number of carbonyl (C=O) groups is 1. The molecule has 0 unspecified atom stereocenters. The molecule has 1 aromatic carbocycles. The van der Waals surface area contributed by atoms with Crippen molar-refractivity contribution in [3.8, 4) is 11.5 Å². The molecule has 1 aliphatic carbocycles. The molecule has 2 heterocycles. The lowest BCUT2D eigenvalue weighted by Gasteiger charge is -2.48. The van der Waals surface area contributed by atoms with E-state index in [0.29, 0.717) is 6.54 Å². The van der Waals surface area contributed by atoms with Crippen molar-refractivity contribution >= 4 is 12.0 Å². The van der Waals surface area contributed by atoms with Gasteiger partial charge in [0.15, 0.2) is 11.5 Å². The zero-order valence-electron chi connectivity index (χ0n) is 15.7. The first-order valence-corrected chi connectivity index (χ1v) is 9.94. The van der Waals surface area contributed by atoms with Crippen LogP contribution in [0.1, 0.15) is 37.7 Å². The predicted octanol–water partition coefficient (Wildman–Crippen LogP) is 2.58. The number of hydrogen-bond donors (Lipinski definition) is 1. The fourth-order valence-corrected chi connectivity index (χ4v) is 4.35. The lowest BCUT2D eigenvalue weighted by Crippen LogP contribution is -2.59. The topological polar surface area (TPSA) is 60.0 Å². The fraction of sp³-hybridized carbons (Fsp3) is 0.571. The van der Waals surface area contributed by atoms with Gasteiger partial charge in [0.25, 0.3) is 0 Å². The van der Waals surface area contributed by atoms with E-state index < -0.39 is 0 Å². The van der Waals surface area contributed by atoms with Gasteiger partial charge in [-0.05, 0) is 36.6 Å². The second kappa shape index (κ2) is 8.31. The number of nitrogens with zero attached hydrogens (tertiary/aromatic N) is 1. The van der Waals surface area contributed by atoms with E-state index >= 15 is 0 Å². The van der Waals surface area contributed by atoms with Gasteiger partial charge in [-0.15, -0.1) is 0 Å². The van der Waals surface area contributed by atoms with Gasteiger partial charge in [-0.2, -0.15) is 0 Å². The lowest BCUT2D eigenvalue weighted by atomic mass is 9.79. The van der Waals surface area contributed by atoms with Gasteiger partial charge in [0, 0.05) is 31.2 Å². The van der Waals surface area contributed by atoms with Crippen molar-refractivity contribution in [2.75, 3.05) is 39.6 Å². The third-order valence-electron chi connectivity index (χ3n) is 5.88. The maximum Gasteiger partial charge on any atom is 0.244 e. The number of hydrogen-bond acceptors (Lipinski definition) is 5. The number of benzene rings is 1. The molecule has 0 spiro atoms. The van der Waals surface area contributed by atoms with Crippen molar-refractivity contribution in [1.29, 1.82) is 0 Å². The van der Waals surface area contributed by atoms with E-state index in [9.17, 15) is 4.79 Å². The van der Waals surface area contributed by atoms with Gasteiger partial charge in [-0.25, -0.2) is 0 Å². The van der Waals surface area contributed by atoms with Gasteiger partial charge in [-0.1, -0.05) is 25.3 Å². The molecule has 6 nitrogen and oxygen atoms in total. The Morgan fingerprint density at radius 1 is 1.11 bits per heavy atom. The lowest BCUT2D eigenvalue weighted by molar-refractivity contribution is -0.117. The predicted molar refractivity (Wildman–Crippen MR) is 103 cm³/mol. The highest BCUT2D eigenvalue weighted by Gasteiger charge is 2.38. The zero-order valence-corrected chi connectivity index (χ0v) is 15.7. The van der Waals surface area contributed by atoms with Crippen LogP contribution in [0.5, 0.6) is 11.5 Å². The smallest absolute Gasteiger partial charge is 0.244 e. The van der Waals surface area contributed by atoms with Gasteiger partial charge in [0.1, 0.15) is 0 Å². The minimum Gasteiger partial charge on any atom is -0.454 e. The van der Waals surface area contributed by atoms with Crippen LogP contribution in [0.3, 0.4) is 0 Å². The molecule has 146 valence electrons. The number of fused-ring (bicyclic) bond motifs is 1. The summed E-state index contributed by atoms with van der Waals surface area (Å²) in [6, 6.07) is 5.69. The molecule has 0 bridgehead atoms. The molecular weight excluding hydrogens is 344 g/mol. The number of morpholine rings is 1. The van der Waals surface area contributed by atoms with Crippen molar-refractivity contribution in [2.45, 2.75) is 37.6 Å². The molecule has 27 heavy (non-hydrogen) atoms. The highest BCUT2D eigenvalue weighted by Crippen LogP contribution is 2.34. The Morgan fingerprint density at radius 2 is 1.89 bits per heavy atom. The van der Waals surface area contributed by atoms with E-state index in [1.807, 2.05) is 24.3 Å². The van der Waals surface area contributed by atoms with Crippen LogP contribution in [-0.2, 0) is 9.53 Å². The van der Waals surface area contributed by atoms with E-state index in [4.69, 9.17) is 14.2 Å². The van der Waals surface area contributed by atoms with Crippen molar-refractivity contribution in [3.63, 3.8) is 0 Å². The molecule has 0 atom stereocenters. The average Bonchev–Trinajstić information content (AvgIpc) is 3.20. The first kappa shape index (κ1) is 18.3. The summed E-state index contributed by atoms with van der Waals surface area (Å²) in [5.74, 6) is 1.43. The second-order valence-electron chi connectivity index (χ2n) is 7.55. The number of carbonyl (C=O) groups excluding carboxylic acids is 1. The van der Waals surface area contributed by atoms with Crippen LogP contribution in [-0.4, -0.2) is 56.0 Å². The zero-order chi connectivity index (χ0) is 18.5. The molecule has 2 fully saturated rings. The Hall–Kier alpha value is -2.05. The van der Waals surface area contributed by atoms with E-state index in [-0.39, 0.29) is 18.2 Å². The van der Waals surface area contributed by atoms with Crippen LogP contribution in [0.4, 0.5) is 0 Å². The monoisotopic (exact) mass is 372 g/mol. The Labute approximate surface area is 160 Å². The van der Waals surface area contributed by atoms with Crippen molar-refractivity contribution in [2.24, 2.45) is 0 Å². The van der Waals surface area contributed by atoms with Gasteiger partial charge < -0.3 is 19.5 Å². The van der Waals surface area contributed by atoms with Crippen LogP contribution in [0, 0.1) is 0 Å². The van der Waals surface area contributed by atoms with E-state index in [0.717, 1.165) is 56.2 Å². The highest BCUT2D eigenvalue weighted by molar-refractivity contribution is 5.91. The molecule has 2 aliphatic heterocycles. The molecule has 4 rings (SSSR count). The van der Waals surface area contributed by atoms with E-state index in [1.54, 1.807) is 6.08 Å². The summed E-state index contributed by atoms with van der Waals surface area (Å²) in [6.45, 7) is 4.47. The number of ether oxygens (including phenoxy) is 3. The molecule has 1 amide bonds. The summed E-state index contributed by atoms with van der Waals surface area (Å²) in [4.78, 5) is 15.0. The molecule has 1 saturated heterocycles. The largest absolute Gasteiger partial charge is 0.454 e. The molecule has 0 radical (unpaired) electrons. The van der Waals surface area contributed by atoms with Crippen LogP contribution < -0.4 is 14.8 Å². The minimum absolute atomic E-state index is 0.0501. The van der Waals surface area contributed by atoms with E-state index in [2.05, 4.69) is 10.2 Å². The minimum atomic E-state index is -0.0501. The van der Waals surface area contributed by atoms with Crippen LogP contribution in [0.25, 0.3) is 6.08 Å². The fourth-order valence-electron chi connectivity index (χ4n) is 4.35. The maximum atomic E-state index is 12.4. The molecular formula is C21H28N2O4. The maximum absolute atomic E-state index is 12.4. The summed E-state index contributed by atoms with van der Waals surface area (Å²) in [7, 11) is 0. The van der Waals surface area contributed by atoms with Crippen molar-refractivity contribution in [1.82, 2.24) is 10.2 Å². The molecule has 1 N–H and O–H groups in total. The van der Waals surface area contributed by atoms with Crippen molar-refractivity contribution < 1.29 is 19.0 Å². The Morgan fingerprint density at radius 3 is 2.70 bits per heavy atom. The summed E-state index contributed by atoms with van der Waals surface area (Å²) >= 11 is 0. The number of rotatable bonds is 5. The summed E-state index contributed by atoms with van der Waals surface area (Å²) < 4.78 is 16.2. The van der Waals surface area contributed by atoms with Crippen LogP contribution >= 0.6 is 0 Å². The molecule has 1 saturated carbocycles. The van der Waals surface area contributed by atoms with Crippen LogP contribution in [0.2, 0.25) is 0 Å². The Kier molecular flexibility index (Phi) is 5.64. The summed E-state index contributed by atoms with van der Waals surface area (Å²) in [5.41, 5.74) is 1.01. The second-order valence-corrected chi connectivity index (χ2v) is 7.55. The Bertz CT molecular complexity index is 691. The first-order valence-electron chi connectivity index (χ1n) is 9.94. The Balaban J connectivity index is 1.36. The normalized spacial score (nSPS) is 22.1. The third kappa shape index (κ3) is 4.28.